The van der Waals surface area contributed by atoms with Crippen LogP contribution in [0.2, 0.25) is 0 Å². The summed E-state index contributed by atoms with van der Waals surface area (Å²) in [5.74, 6) is 1.26. The molecule has 6 heteroatoms. The molecule has 0 unspecified atom stereocenters. The molecule has 3 rings (SSSR count). The monoisotopic (exact) mass is 333 g/mol. The summed E-state index contributed by atoms with van der Waals surface area (Å²) in [6, 6.07) is 10.4. The smallest absolute Gasteiger partial charge is 0.262 e. The predicted octanol–water partition coefficient (Wildman–Crippen LogP) is 3.13. The quantitative estimate of drug-likeness (QED) is 0.933. The zero-order chi connectivity index (χ0) is 16.4. The number of fused-ring (bicyclic) bond motifs is 1. The summed E-state index contributed by atoms with van der Waals surface area (Å²) in [4.78, 5) is 0.228. The normalized spacial score (nSPS) is 13.8. The van der Waals surface area contributed by atoms with Crippen molar-refractivity contribution in [2.45, 2.75) is 24.7 Å². The van der Waals surface area contributed by atoms with Crippen LogP contribution in [0.1, 0.15) is 17.5 Å². The molecule has 1 heterocycles. The van der Waals surface area contributed by atoms with Gasteiger partial charge < -0.3 is 9.47 Å². The van der Waals surface area contributed by atoms with Crippen LogP contribution < -0.4 is 14.2 Å². The molecule has 0 fully saturated rings. The third-order valence-corrected chi connectivity index (χ3v) is 5.38. The molecule has 0 saturated heterocycles. The molecular weight excluding hydrogens is 314 g/mol. The van der Waals surface area contributed by atoms with E-state index in [9.17, 15) is 8.42 Å². The number of nitrogens with one attached hydrogen (secondary N) is 1. The lowest BCUT2D eigenvalue weighted by atomic mass is 10.1. The van der Waals surface area contributed by atoms with Crippen molar-refractivity contribution < 1.29 is 17.9 Å². The number of para-hydroxylation sites is 1. The van der Waals surface area contributed by atoms with Crippen molar-refractivity contribution in [2.75, 3.05) is 18.4 Å². The molecule has 1 N–H and O–H groups in total. The zero-order valence-electron chi connectivity index (χ0n) is 13.1. The van der Waals surface area contributed by atoms with Crippen LogP contribution in [0.3, 0.4) is 0 Å². The van der Waals surface area contributed by atoms with E-state index in [1.54, 1.807) is 38.3 Å². The molecule has 0 radical (unpaired) electrons. The molecule has 23 heavy (non-hydrogen) atoms. The van der Waals surface area contributed by atoms with Crippen molar-refractivity contribution in [3.63, 3.8) is 0 Å². The van der Waals surface area contributed by atoms with E-state index in [0.717, 1.165) is 18.4 Å². The van der Waals surface area contributed by atoms with E-state index in [4.69, 9.17) is 9.47 Å². The van der Waals surface area contributed by atoms with Crippen LogP contribution in [0.25, 0.3) is 0 Å². The highest BCUT2D eigenvalue weighted by Crippen LogP contribution is 2.34. The van der Waals surface area contributed by atoms with Crippen LogP contribution in [0, 0.1) is 6.92 Å². The molecule has 122 valence electrons. The molecule has 0 atom stereocenters. The van der Waals surface area contributed by atoms with Gasteiger partial charge in [0.25, 0.3) is 10.0 Å². The van der Waals surface area contributed by atoms with E-state index in [-0.39, 0.29) is 4.90 Å². The summed E-state index contributed by atoms with van der Waals surface area (Å²) in [7, 11) is -2.14. The number of rotatable bonds is 4. The molecule has 0 spiro atoms. The minimum atomic E-state index is -3.69. The summed E-state index contributed by atoms with van der Waals surface area (Å²) in [5, 5.41) is 0. The molecule has 2 aromatic carbocycles. The maximum atomic E-state index is 12.7. The van der Waals surface area contributed by atoms with Crippen LogP contribution in [-0.4, -0.2) is 22.1 Å². The fourth-order valence-corrected chi connectivity index (χ4v) is 4.01. The Morgan fingerprint density at radius 2 is 2.04 bits per heavy atom. The molecular formula is C17H19NO4S. The first kappa shape index (κ1) is 15.7. The third-order valence-electron chi connectivity index (χ3n) is 3.85. The van der Waals surface area contributed by atoms with E-state index in [0.29, 0.717) is 29.4 Å². The van der Waals surface area contributed by atoms with E-state index < -0.39 is 10.0 Å². The lowest BCUT2D eigenvalue weighted by Gasteiger charge is -2.21. The number of methoxy groups -OCH3 is 1. The number of hydrogen-bond donors (Lipinski definition) is 1. The fraction of sp³-hybridized carbons (Fsp3) is 0.294. The van der Waals surface area contributed by atoms with Gasteiger partial charge >= 0.3 is 0 Å². The van der Waals surface area contributed by atoms with Crippen LogP contribution in [0.5, 0.6) is 11.5 Å². The van der Waals surface area contributed by atoms with Crippen LogP contribution in [-0.2, 0) is 16.4 Å². The minimum Gasteiger partial charge on any atom is -0.497 e. The number of aryl methyl sites for hydroxylation is 2. The van der Waals surface area contributed by atoms with Crippen LogP contribution in [0.15, 0.2) is 41.3 Å². The van der Waals surface area contributed by atoms with Crippen LogP contribution in [0.4, 0.5) is 5.69 Å². The second-order valence-electron chi connectivity index (χ2n) is 5.48. The number of hydrogen-bond acceptors (Lipinski definition) is 4. The van der Waals surface area contributed by atoms with Crippen LogP contribution >= 0.6 is 0 Å². The molecule has 0 saturated carbocycles. The van der Waals surface area contributed by atoms with Gasteiger partial charge in [-0.3, -0.25) is 4.72 Å². The summed E-state index contributed by atoms with van der Waals surface area (Å²) >= 11 is 0. The highest BCUT2D eigenvalue weighted by molar-refractivity contribution is 7.92. The Kier molecular flexibility index (Phi) is 4.17. The molecule has 0 bridgehead atoms. The Morgan fingerprint density at radius 3 is 2.78 bits per heavy atom. The number of anilines is 1. The molecule has 0 aromatic heterocycles. The molecule has 1 aliphatic heterocycles. The minimum absolute atomic E-state index is 0.228. The Hall–Kier alpha value is -2.21. The first-order valence-corrected chi connectivity index (χ1v) is 8.92. The van der Waals surface area contributed by atoms with Crippen molar-refractivity contribution in [3.8, 4) is 11.5 Å². The van der Waals surface area contributed by atoms with Gasteiger partial charge in [0, 0.05) is 0 Å². The second kappa shape index (κ2) is 6.12. The average Bonchev–Trinajstić information content (AvgIpc) is 2.54. The maximum Gasteiger partial charge on any atom is 0.262 e. The van der Waals surface area contributed by atoms with E-state index in [1.165, 1.54) is 0 Å². The summed E-state index contributed by atoms with van der Waals surface area (Å²) in [6.45, 7) is 2.35. The molecule has 2 aromatic rings. The first-order valence-electron chi connectivity index (χ1n) is 7.43. The van der Waals surface area contributed by atoms with E-state index in [1.807, 2.05) is 12.1 Å². The summed E-state index contributed by atoms with van der Waals surface area (Å²) in [6.07, 6.45) is 1.84. The third kappa shape index (κ3) is 3.12. The van der Waals surface area contributed by atoms with Crippen molar-refractivity contribution in [1.82, 2.24) is 0 Å². The molecule has 0 amide bonds. The first-order chi connectivity index (χ1) is 11.0. The fourth-order valence-electron chi connectivity index (χ4n) is 2.72. The van der Waals surface area contributed by atoms with Gasteiger partial charge in [-0.1, -0.05) is 12.1 Å². The zero-order valence-corrected chi connectivity index (χ0v) is 13.9. The summed E-state index contributed by atoms with van der Waals surface area (Å²) in [5.41, 5.74) is 2.14. The van der Waals surface area contributed by atoms with Crippen molar-refractivity contribution in [3.05, 3.63) is 47.5 Å². The van der Waals surface area contributed by atoms with Gasteiger partial charge in [0.15, 0.2) is 0 Å². The van der Waals surface area contributed by atoms with Gasteiger partial charge in [0.2, 0.25) is 0 Å². The van der Waals surface area contributed by atoms with Gasteiger partial charge in [0.05, 0.1) is 24.3 Å². The predicted molar refractivity (Wildman–Crippen MR) is 88.8 cm³/mol. The number of ether oxygens (including phenoxy) is 2. The average molecular weight is 333 g/mol. The Balaban J connectivity index is 1.96. The molecule has 0 aliphatic carbocycles. The SMILES string of the molecule is COc1ccc(S(=O)(=O)Nc2cccc3c2OCCC3)c(C)c1. The highest BCUT2D eigenvalue weighted by Gasteiger charge is 2.21. The van der Waals surface area contributed by atoms with E-state index in [2.05, 4.69) is 4.72 Å². The Labute approximate surface area is 136 Å². The Morgan fingerprint density at radius 1 is 1.22 bits per heavy atom. The Bertz CT molecular complexity index is 830. The van der Waals surface area contributed by atoms with Gasteiger partial charge in [-0.2, -0.15) is 0 Å². The lowest BCUT2D eigenvalue weighted by Crippen LogP contribution is -2.17. The highest BCUT2D eigenvalue weighted by atomic mass is 32.2. The molecule has 5 nitrogen and oxygen atoms in total. The second-order valence-corrected chi connectivity index (χ2v) is 7.13. The summed E-state index contributed by atoms with van der Waals surface area (Å²) < 4.78 is 38.8. The van der Waals surface area contributed by atoms with Crippen molar-refractivity contribution in [2.24, 2.45) is 0 Å². The molecule has 1 aliphatic rings. The van der Waals surface area contributed by atoms with E-state index >= 15 is 0 Å². The topological polar surface area (TPSA) is 64.6 Å². The van der Waals surface area contributed by atoms with Crippen molar-refractivity contribution in [1.29, 1.82) is 0 Å². The maximum absolute atomic E-state index is 12.7. The lowest BCUT2D eigenvalue weighted by molar-refractivity contribution is 0.290. The standard InChI is InChI=1S/C17H19NO4S/c1-12-11-14(21-2)8-9-16(12)23(19,20)18-15-7-3-5-13-6-4-10-22-17(13)15/h3,5,7-9,11,18H,4,6,10H2,1-2H3. The van der Waals surface area contributed by atoms with Gasteiger partial charge in [-0.05, 0) is 55.2 Å². The number of benzene rings is 2. The number of sulfonamides is 1. The van der Waals surface area contributed by atoms with Gasteiger partial charge in [-0.15, -0.1) is 0 Å². The van der Waals surface area contributed by atoms with Gasteiger partial charge in [0.1, 0.15) is 11.5 Å². The van der Waals surface area contributed by atoms with Gasteiger partial charge in [-0.25, -0.2) is 8.42 Å². The largest absolute Gasteiger partial charge is 0.497 e. The van der Waals surface area contributed by atoms with Crippen molar-refractivity contribution >= 4 is 15.7 Å².